The summed E-state index contributed by atoms with van der Waals surface area (Å²) >= 11 is 0. The molecule has 0 saturated heterocycles. The number of aromatic amines is 1. The second-order valence-electron chi connectivity index (χ2n) is 8.26. The number of esters is 1. The quantitative estimate of drug-likeness (QED) is 0.680. The second kappa shape index (κ2) is 6.80. The number of benzene rings is 1. The highest BCUT2D eigenvalue weighted by molar-refractivity contribution is 5.90. The molecule has 27 heavy (non-hydrogen) atoms. The lowest BCUT2D eigenvalue weighted by molar-refractivity contribution is -0.155. The number of H-pyrrole nitrogens is 1. The van der Waals surface area contributed by atoms with Gasteiger partial charge in [0.1, 0.15) is 17.6 Å². The van der Waals surface area contributed by atoms with Crippen molar-refractivity contribution in [1.82, 2.24) is 15.0 Å². The van der Waals surface area contributed by atoms with Crippen LogP contribution in [0.25, 0.3) is 22.3 Å². The van der Waals surface area contributed by atoms with E-state index < -0.39 is 5.60 Å². The summed E-state index contributed by atoms with van der Waals surface area (Å²) in [4.78, 5) is 24.2. The Hall–Kier alpha value is -2.69. The molecule has 1 atom stereocenters. The molecule has 3 aromatic rings. The molecule has 0 bridgehead atoms. The standard InChI is InChI=1S/C22H25N3O2/c1-22(2,3)27-19(26)12-15-6-4-5-14-11-16(7-8-17(14)15)20-18-9-10-23-21(18)25-13-24-20/h7-11,13,15H,4-6,12H2,1-3H3,(H,23,24,25). The van der Waals surface area contributed by atoms with Gasteiger partial charge in [-0.1, -0.05) is 12.1 Å². The van der Waals surface area contributed by atoms with Gasteiger partial charge in [-0.15, -0.1) is 0 Å². The maximum atomic E-state index is 12.3. The highest BCUT2D eigenvalue weighted by atomic mass is 16.6. The van der Waals surface area contributed by atoms with Crippen LogP contribution < -0.4 is 0 Å². The highest BCUT2D eigenvalue weighted by Crippen LogP contribution is 2.37. The Balaban J connectivity index is 1.62. The molecule has 1 N–H and O–H groups in total. The van der Waals surface area contributed by atoms with Crippen molar-refractivity contribution >= 4 is 17.0 Å². The predicted octanol–water partition coefficient (Wildman–Crippen LogP) is 4.78. The van der Waals surface area contributed by atoms with Crippen molar-refractivity contribution in [3.63, 3.8) is 0 Å². The molecule has 1 aliphatic rings. The molecule has 5 heteroatoms. The van der Waals surface area contributed by atoms with E-state index in [1.54, 1.807) is 6.33 Å². The Labute approximate surface area is 159 Å². The van der Waals surface area contributed by atoms with Gasteiger partial charge in [-0.25, -0.2) is 9.97 Å². The zero-order chi connectivity index (χ0) is 19.0. The Bertz CT molecular complexity index is 985. The molecule has 2 aromatic heterocycles. The summed E-state index contributed by atoms with van der Waals surface area (Å²) in [5, 5.41) is 1.03. The summed E-state index contributed by atoms with van der Waals surface area (Å²) in [7, 11) is 0. The largest absolute Gasteiger partial charge is 0.460 e. The van der Waals surface area contributed by atoms with Crippen LogP contribution in [0.15, 0.2) is 36.8 Å². The first-order valence-corrected chi connectivity index (χ1v) is 9.54. The number of carbonyl (C=O) groups is 1. The summed E-state index contributed by atoms with van der Waals surface area (Å²) in [5.41, 5.74) is 5.04. The van der Waals surface area contributed by atoms with E-state index >= 15 is 0 Å². The van der Waals surface area contributed by atoms with Crippen LogP contribution in [0, 0.1) is 0 Å². The number of carbonyl (C=O) groups excluding carboxylic acids is 1. The third-order valence-corrected chi connectivity index (χ3v) is 5.04. The number of nitrogens with zero attached hydrogens (tertiary/aromatic N) is 2. The van der Waals surface area contributed by atoms with Gasteiger partial charge in [0.25, 0.3) is 0 Å². The van der Waals surface area contributed by atoms with Crippen LogP contribution in [0.3, 0.4) is 0 Å². The summed E-state index contributed by atoms with van der Waals surface area (Å²) in [6.45, 7) is 5.74. The van der Waals surface area contributed by atoms with Crippen molar-refractivity contribution < 1.29 is 9.53 Å². The lowest BCUT2D eigenvalue weighted by Crippen LogP contribution is -2.25. The van der Waals surface area contributed by atoms with Crippen molar-refractivity contribution in [2.45, 2.75) is 58.0 Å². The van der Waals surface area contributed by atoms with E-state index in [4.69, 9.17) is 4.74 Å². The van der Waals surface area contributed by atoms with E-state index in [-0.39, 0.29) is 11.9 Å². The Kier molecular flexibility index (Phi) is 4.46. The fourth-order valence-corrected chi connectivity index (χ4v) is 3.96. The van der Waals surface area contributed by atoms with Crippen LogP contribution in [0.4, 0.5) is 0 Å². The molecular formula is C22H25N3O2. The summed E-state index contributed by atoms with van der Waals surface area (Å²) in [6.07, 6.45) is 7.08. The average Bonchev–Trinajstić information content (AvgIpc) is 3.08. The number of hydrogen-bond acceptors (Lipinski definition) is 4. The van der Waals surface area contributed by atoms with Crippen LogP contribution in [0.1, 0.15) is 57.1 Å². The van der Waals surface area contributed by atoms with E-state index in [9.17, 15) is 4.79 Å². The van der Waals surface area contributed by atoms with Gasteiger partial charge >= 0.3 is 5.97 Å². The van der Waals surface area contributed by atoms with E-state index in [1.165, 1.54) is 11.1 Å². The number of aromatic nitrogens is 3. The van der Waals surface area contributed by atoms with Crippen molar-refractivity contribution in [3.8, 4) is 11.3 Å². The van der Waals surface area contributed by atoms with Crippen molar-refractivity contribution in [2.75, 3.05) is 0 Å². The average molecular weight is 363 g/mol. The minimum atomic E-state index is -0.437. The molecule has 0 amide bonds. The first-order valence-electron chi connectivity index (χ1n) is 9.54. The minimum absolute atomic E-state index is 0.116. The van der Waals surface area contributed by atoms with E-state index in [0.29, 0.717) is 6.42 Å². The van der Waals surface area contributed by atoms with Gasteiger partial charge in [0, 0.05) is 17.1 Å². The fraction of sp³-hybridized carbons (Fsp3) is 0.409. The molecule has 140 valence electrons. The number of rotatable bonds is 3. The first-order chi connectivity index (χ1) is 12.9. The van der Waals surface area contributed by atoms with Crippen LogP contribution in [-0.4, -0.2) is 26.5 Å². The molecule has 0 aliphatic heterocycles. The lowest BCUT2D eigenvalue weighted by Gasteiger charge is -2.27. The molecule has 0 spiro atoms. The van der Waals surface area contributed by atoms with E-state index in [0.717, 1.165) is 41.6 Å². The van der Waals surface area contributed by atoms with Gasteiger partial charge in [-0.05, 0) is 69.2 Å². The monoisotopic (exact) mass is 363 g/mol. The number of fused-ring (bicyclic) bond motifs is 2. The second-order valence-corrected chi connectivity index (χ2v) is 8.26. The van der Waals surface area contributed by atoms with Gasteiger partial charge in [-0.3, -0.25) is 4.79 Å². The van der Waals surface area contributed by atoms with E-state index in [1.807, 2.05) is 33.0 Å². The number of aryl methyl sites for hydroxylation is 1. The highest BCUT2D eigenvalue weighted by Gasteiger charge is 2.26. The first kappa shape index (κ1) is 17.7. The van der Waals surface area contributed by atoms with Gasteiger partial charge in [0.05, 0.1) is 12.1 Å². The van der Waals surface area contributed by atoms with Gasteiger partial charge in [0.15, 0.2) is 0 Å². The third kappa shape index (κ3) is 3.72. The Morgan fingerprint density at radius 3 is 2.93 bits per heavy atom. The fourth-order valence-electron chi connectivity index (χ4n) is 3.96. The number of hydrogen-bond donors (Lipinski definition) is 1. The zero-order valence-electron chi connectivity index (χ0n) is 16.1. The molecule has 1 aromatic carbocycles. The molecule has 2 heterocycles. The molecule has 4 rings (SSSR count). The smallest absolute Gasteiger partial charge is 0.306 e. The predicted molar refractivity (Wildman–Crippen MR) is 105 cm³/mol. The summed E-state index contributed by atoms with van der Waals surface area (Å²) in [5.74, 6) is 0.115. The molecule has 0 fully saturated rings. The number of nitrogens with one attached hydrogen (secondary N) is 1. The topological polar surface area (TPSA) is 67.9 Å². The van der Waals surface area contributed by atoms with Crippen LogP contribution in [-0.2, 0) is 16.0 Å². The molecule has 0 radical (unpaired) electrons. The van der Waals surface area contributed by atoms with Crippen molar-refractivity contribution in [2.24, 2.45) is 0 Å². The summed E-state index contributed by atoms with van der Waals surface area (Å²) < 4.78 is 5.53. The third-order valence-electron chi connectivity index (χ3n) is 5.04. The van der Waals surface area contributed by atoms with Gasteiger partial charge in [0.2, 0.25) is 0 Å². The lowest BCUT2D eigenvalue weighted by atomic mass is 9.80. The van der Waals surface area contributed by atoms with Crippen LogP contribution >= 0.6 is 0 Å². The maximum absolute atomic E-state index is 12.3. The molecule has 5 nitrogen and oxygen atoms in total. The Morgan fingerprint density at radius 2 is 2.11 bits per heavy atom. The molecular weight excluding hydrogens is 338 g/mol. The zero-order valence-corrected chi connectivity index (χ0v) is 16.1. The number of ether oxygens (including phenoxy) is 1. The SMILES string of the molecule is CC(C)(C)OC(=O)CC1CCCc2cc(-c3ncnc4[nH]ccc34)ccc21. The van der Waals surface area contributed by atoms with Crippen LogP contribution in [0.2, 0.25) is 0 Å². The summed E-state index contributed by atoms with van der Waals surface area (Å²) in [6, 6.07) is 8.52. The Morgan fingerprint density at radius 1 is 1.26 bits per heavy atom. The van der Waals surface area contributed by atoms with Crippen molar-refractivity contribution in [1.29, 1.82) is 0 Å². The maximum Gasteiger partial charge on any atom is 0.306 e. The van der Waals surface area contributed by atoms with Gasteiger partial charge in [-0.2, -0.15) is 0 Å². The molecule has 1 aliphatic carbocycles. The molecule has 0 saturated carbocycles. The molecule has 1 unspecified atom stereocenters. The normalized spacial score (nSPS) is 16.9. The minimum Gasteiger partial charge on any atom is -0.460 e. The van der Waals surface area contributed by atoms with E-state index in [2.05, 4.69) is 33.2 Å². The van der Waals surface area contributed by atoms with Crippen molar-refractivity contribution in [3.05, 3.63) is 47.9 Å². The van der Waals surface area contributed by atoms with Crippen LogP contribution in [0.5, 0.6) is 0 Å². The van der Waals surface area contributed by atoms with Gasteiger partial charge < -0.3 is 9.72 Å².